The second-order valence-electron chi connectivity index (χ2n) is 9.39. The molecule has 0 radical (unpaired) electrons. The first-order valence-corrected chi connectivity index (χ1v) is 12.3. The Morgan fingerprint density at radius 2 is 1.49 bits per heavy atom. The highest BCUT2D eigenvalue weighted by Crippen LogP contribution is 2.47. The summed E-state index contributed by atoms with van der Waals surface area (Å²) < 4.78 is 98.5. The summed E-state index contributed by atoms with van der Waals surface area (Å²) in [6.07, 6.45) is -9.93. The molecule has 0 bridgehead atoms. The number of ether oxygens (including phenoxy) is 3. The Bertz CT molecular complexity index is 1510. The Balaban J connectivity index is 2.01. The molecular weight excluding hydrogens is 592 g/mol. The van der Waals surface area contributed by atoms with Gasteiger partial charge in [-0.25, -0.2) is 4.79 Å². The van der Waals surface area contributed by atoms with E-state index in [9.17, 15) is 45.5 Å². The Hall–Kier alpha value is -4.76. The molecule has 0 saturated heterocycles. The zero-order chi connectivity index (χ0) is 32.3. The van der Waals surface area contributed by atoms with Gasteiger partial charge in [0, 0.05) is 22.8 Å². The Morgan fingerprint density at radius 3 is 2.00 bits per heavy atom. The molecule has 1 heterocycles. The normalized spacial score (nSPS) is 12.5. The van der Waals surface area contributed by atoms with Crippen LogP contribution in [0.2, 0.25) is 0 Å². The van der Waals surface area contributed by atoms with Gasteiger partial charge in [0.25, 0.3) is 0 Å². The number of methoxy groups -OCH3 is 2. The third-order valence-electron chi connectivity index (χ3n) is 6.08. The summed E-state index contributed by atoms with van der Waals surface area (Å²) in [4.78, 5) is 51.0. The summed E-state index contributed by atoms with van der Waals surface area (Å²) in [6, 6.07) is 2.51. The van der Waals surface area contributed by atoms with Crippen LogP contribution in [-0.4, -0.2) is 49.0 Å². The van der Waals surface area contributed by atoms with Crippen molar-refractivity contribution in [1.82, 2.24) is 10.3 Å². The third-order valence-corrected chi connectivity index (χ3v) is 6.08. The molecule has 10 nitrogen and oxygen atoms in total. The van der Waals surface area contributed by atoms with Crippen molar-refractivity contribution in [2.75, 3.05) is 19.5 Å². The average Bonchev–Trinajstić information content (AvgIpc) is 3.35. The van der Waals surface area contributed by atoms with Gasteiger partial charge in [-0.05, 0) is 41.8 Å². The molecule has 1 unspecified atom stereocenters. The van der Waals surface area contributed by atoms with Crippen molar-refractivity contribution in [1.29, 1.82) is 0 Å². The average molecular weight is 617 g/mol. The number of halogens is 6. The number of anilines is 1. The predicted octanol–water partition coefficient (Wildman–Crippen LogP) is 5.28. The van der Waals surface area contributed by atoms with Gasteiger partial charge in [-0.2, -0.15) is 26.3 Å². The maximum absolute atomic E-state index is 14.1. The van der Waals surface area contributed by atoms with Gasteiger partial charge < -0.3 is 29.8 Å². The molecule has 0 aliphatic heterocycles. The summed E-state index contributed by atoms with van der Waals surface area (Å²) in [5.41, 5.74) is -3.51. The van der Waals surface area contributed by atoms with E-state index in [0.29, 0.717) is 10.9 Å². The largest absolute Gasteiger partial charge is 0.469 e. The number of carbonyl (C=O) groups excluding carboxylic acids is 4. The molecule has 3 rings (SSSR count). The Labute approximate surface area is 239 Å². The molecular formula is C27H25F6N3O7. The molecule has 0 saturated carbocycles. The molecule has 0 spiro atoms. The second kappa shape index (κ2) is 12.6. The van der Waals surface area contributed by atoms with Gasteiger partial charge in [-0.15, -0.1) is 0 Å². The molecule has 232 valence electrons. The highest BCUT2D eigenvalue weighted by atomic mass is 19.4. The van der Waals surface area contributed by atoms with Crippen molar-refractivity contribution in [3.8, 4) is 11.5 Å². The molecule has 0 aliphatic carbocycles. The number of hydrogen-bond donors (Lipinski definition) is 3. The fourth-order valence-corrected chi connectivity index (χ4v) is 4.01. The molecule has 43 heavy (non-hydrogen) atoms. The van der Waals surface area contributed by atoms with Gasteiger partial charge in [-0.3, -0.25) is 14.4 Å². The van der Waals surface area contributed by atoms with Crippen molar-refractivity contribution in [3.63, 3.8) is 0 Å². The number of amides is 2. The van der Waals surface area contributed by atoms with E-state index in [2.05, 4.69) is 14.5 Å². The monoisotopic (exact) mass is 617 g/mol. The van der Waals surface area contributed by atoms with Crippen LogP contribution in [0.15, 0.2) is 36.5 Å². The number of carbonyl (C=O) groups is 4. The molecule has 3 aromatic rings. The molecule has 0 aliphatic rings. The number of esters is 2. The molecule has 0 fully saturated rings. The predicted molar refractivity (Wildman–Crippen MR) is 138 cm³/mol. The fraction of sp³-hybridized carbons (Fsp3) is 0.333. The lowest BCUT2D eigenvalue weighted by atomic mass is 10.0. The first kappa shape index (κ1) is 32.8. The van der Waals surface area contributed by atoms with Crippen LogP contribution in [-0.2, 0) is 41.0 Å². The summed E-state index contributed by atoms with van der Waals surface area (Å²) >= 11 is 0. The highest BCUT2D eigenvalue weighted by molar-refractivity contribution is 6.40. The van der Waals surface area contributed by atoms with Crippen LogP contribution >= 0.6 is 0 Å². The van der Waals surface area contributed by atoms with E-state index >= 15 is 0 Å². The third kappa shape index (κ3) is 7.75. The van der Waals surface area contributed by atoms with Crippen molar-refractivity contribution >= 4 is 40.3 Å². The van der Waals surface area contributed by atoms with Gasteiger partial charge in [-0.1, -0.05) is 13.8 Å². The molecule has 1 atom stereocenters. The first-order chi connectivity index (χ1) is 20.0. The number of benzene rings is 2. The molecule has 2 amide bonds. The van der Waals surface area contributed by atoms with Crippen molar-refractivity contribution < 1.29 is 59.7 Å². The molecule has 2 aromatic carbocycles. The van der Waals surface area contributed by atoms with Gasteiger partial charge >= 0.3 is 36.1 Å². The topological polar surface area (TPSA) is 136 Å². The van der Waals surface area contributed by atoms with Gasteiger partial charge in [0.05, 0.1) is 20.6 Å². The lowest BCUT2D eigenvalue weighted by Crippen LogP contribution is -2.47. The minimum atomic E-state index is -5.41. The van der Waals surface area contributed by atoms with Crippen molar-refractivity contribution in [2.45, 2.75) is 44.6 Å². The minimum absolute atomic E-state index is 0.0241. The number of nitrogens with one attached hydrogen (secondary N) is 3. The van der Waals surface area contributed by atoms with E-state index in [-0.39, 0.29) is 23.8 Å². The van der Waals surface area contributed by atoms with Crippen LogP contribution in [0.3, 0.4) is 0 Å². The Kier molecular flexibility index (Phi) is 9.62. The number of rotatable bonds is 8. The van der Waals surface area contributed by atoms with E-state index in [1.54, 1.807) is 11.5 Å². The summed E-state index contributed by atoms with van der Waals surface area (Å²) in [6.45, 7) is 3.70. The van der Waals surface area contributed by atoms with Gasteiger partial charge in [0.2, 0.25) is 0 Å². The van der Waals surface area contributed by atoms with E-state index in [4.69, 9.17) is 4.74 Å². The molecule has 3 N–H and O–H groups in total. The maximum atomic E-state index is 14.1. The molecule has 1 aromatic heterocycles. The van der Waals surface area contributed by atoms with Gasteiger partial charge in [0.15, 0.2) is 5.75 Å². The summed E-state index contributed by atoms with van der Waals surface area (Å²) in [7, 11) is 1.87. The number of H-pyrrole nitrogens is 1. The smallest absolute Gasteiger partial charge is 0.420 e. The number of aromatic nitrogens is 1. The lowest BCUT2D eigenvalue weighted by Gasteiger charge is -2.21. The van der Waals surface area contributed by atoms with E-state index < -0.39 is 71.1 Å². The number of hydrogen-bond acceptors (Lipinski definition) is 7. The van der Waals surface area contributed by atoms with Crippen LogP contribution in [0, 0.1) is 0 Å². The second-order valence-corrected chi connectivity index (χ2v) is 9.39. The highest BCUT2D eigenvalue weighted by Gasteiger charge is 2.43. The first-order valence-electron chi connectivity index (χ1n) is 12.3. The van der Waals surface area contributed by atoms with Crippen LogP contribution in [0.1, 0.15) is 42.9 Å². The maximum Gasteiger partial charge on any atom is 0.420 e. The zero-order valence-electron chi connectivity index (χ0n) is 23.0. The molecule has 16 heteroatoms. The van der Waals surface area contributed by atoms with E-state index in [0.717, 1.165) is 19.8 Å². The number of alkyl halides is 6. The van der Waals surface area contributed by atoms with Crippen molar-refractivity contribution in [2.24, 2.45) is 0 Å². The van der Waals surface area contributed by atoms with Gasteiger partial charge in [0.1, 0.15) is 22.9 Å². The van der Waals surface area contributed by atoms with Crippen LogP contribution in [0.5, 0.6) is 11.5 Å². The lowest BCUT2D eigenvalue weighted by molar-refractivity contribution is -0.151. The summed E-state index contributed by atoms with van der Waals surface area (Å²) in [5.74, 6) is -7.50. The zero-order valence-corrected chi connectivity index (χ0v) is 23.0. The standard InChI is InChI=1S/C27H25F6N3O7/c1-12(2)16-11-34-19-6-5-14(9-15(16)19)43-22-17(26(28,29)30)7-13(8-18(22)27(31,32)33)35-23(38)24(39)36-20(25(40)42-4)10-21(37)41-3/h5-9,11-12,20,34H,10H2,1-4H3,(H,35,38)(H,36,39). The Morgan fingerprint density at radius 1 is 0.884 bits per heavy atom. The summed E-state index contributed by atoms with van der Waals surface area (Å²) in [5, 5.41) is 3.99. The SMILES string of the molecule is COC(=O)CC(NC(=O)C(=O)Nc1cc(C(F)(F)F)c(Oc2ccc3[nH]cc(C(C)C)c3c2)c(C(F)(F)F)c1)C(=O)OC. The minimum Gasteiger partial charge on any atom is -0.469 e. The van der Waals surface area contributed by atoms with Crippen LogP contribution in [0.4, 0.5) is 32.0 Å². The number of aromatic amines is 1. The quantitative estimate of drug-likeness (QED) is 0.178. The van der Waals surface area contributed by atoms with Crippen LogP contribution < -0.4 is 15.4 Å². The fourth-order valence-electron chi connectivity index (χ4n) is 4.01. The van der Waals surface area contributed by atoms with E-state index in [1.807, 2.05) is 19.2 Å². The van der Waals surface area contributed by atoms with E-state index in [1.165, 1.54) is 18.2 Å². The number of fused-ring (bicyclic) bond motifs is 1. The van der Waals surface area contributed by atoms with Crippen LogP contribution in [0.25, 0.3) is 10.9 Å². The van der Waals surface area contributed by atoms with Crippen molar-refractivity contribution in [3.05, 3.63) is 53.2 Å².